The van der Waals surface area contributed by atoms with Crippen molar-refractivity contribution in [2.75, 3.05) is 44.7 Å². The Morgan fingerprint density at radius 2 is 1.92 bits per heavy atom. The number of morpholine rings is 1. The molecule has 0 spiro atoms. The van der Waals surface area contributed by atoms with E-state index in [1.165, 1.54) is 0 Å². The van der Waals surface area contributed by atoms with E-state index in [4.69, 9.17) is 10.5 Å². The number of guanidine groups is 1. The van der Waals surface area contributed by atoms with Crippen LogP contribution in [0.5, 0.6) is 0 Å². The lowest BCUT2D eigenvalue weighted by molar-refractivity contribution is 0.0674. The van der Waals surface area contributed by atoms with Crippen LogP contribution in [-0.4, -0.2) is 61.2 Å². The molecule has 2 heterocycles. The van der Waals surface area contributed by atoms with Crippen LogP contribution in [0.1, 0.15) is 18.4 Å². The van der Waals surface area contributed by atoms with Crippen LogP contribution in [0, 0.1) is 0 Å². The molecule has 0 radical (unpaired) electrons. The molecule has 0 unspecified atom stereocenters. The summed E-state index contributed by atoms with van der Waals surface area (Å²) in [5, 5.41) is 2.96. The highest BCUT2D eigenvalue weighted by molar-refractivity contribution is 5.89. The van der Waals surface area contributed by atoms with Crippen molar-refractivity contribution in [3.8, 4) is 0 Å². The number of likely N-dealkylation sites (tertiary alicyclic amines) is 1. The largest absolute Gasteiger partial charge is 0.378 e. The van der Waals surface area contributed by atoms with Crippen molar-refractivity contribution in [2.24, 2.45) is 10.7 Å². The number of rotatable bonds is 3. The summed E-state index contributed by atoms with van der Waals surface area (Å²) in [6.45, 7) is 5.11. The molecule has 2 aliphatic rings. The maximum absolute atomic E-state index is 12.1. The standard InChI is InChI=1S/C17H25N5O2/c18-16(21-8-10-24-11-9-21)19-13-14-4-3-5-15(12-14)20-17(23)22-6-1-2-7-22/h3-5,12H,1-2,6-11,13H2,(H2,18,19)(H,20,23). The predicted molar refractivity (Wildman–Crippen MR) is 94.0 cm³/mol. The SMILES string of the molecule is NC(=NCc1cccc(NC(=O)N2CCCC2)c1)N1CCOCC1. The van der Waals surface area contributed by atoms with Crippen LogP contribution in [0.25, 0.3) is 0 Å². The molecule has 7 nitrogen and oxygen atoms in total. The minimum atomic E-state index is -0.0269. The summed E-state index contributed by atoms with van der Waals surface area (Å²) in [6, 6.07) is 7.73. The zero-order valence-corrected chi connectivity index (χ0v) is 13.9. The third-order valence-corrected chi connectivity index (χ3v) is 4.33. The molecule has 130 valence electrons. The first-order valence-electron chi connectivity index (χ1n) is 8.50. The maximum Gasteiger partial charge on any atom is 0.321 e. The third-order valence-electron chi connectivity index (χ3n) is 4.33. The second kappa shape index (κ2) is 8.01. The highest BCUT2D eigenvalue weighted by atomic mass is 16.5. The summed E-state index contributed by atoms with van der Waals surface area (Å²) in [5.41, 5.74) is 7.86. The number of hydrogen-bond acceptors (Lipinski definition) is 3. The van der Waals surface area contributed by atoms with Gasteiger partial charge in [-0.05, 0) is 30.5 Å². The number of nitrogens with zero attached hydrogens (tertiary/aromatic N) is 3. The minimum absolute atomic E-state index is 0.0269. The summed E-state index contributed by atoms with van der Waals surface area (Å²) in [6.07, 6.45) is 2.17. The Balaban J connectivity index is 1.57. The van der Waals surface area contributed by atoms with Crippen molar-refractivity contribution in [1.82, 2.24) is 9.80 Å². The molecule has 0 bridgehead atoms. The van der Waals surface area contributed by atoms with Crippen LogP contribution in [0.15, 0.2) is 29.3 Å². The molecule has 0 aliphatic carbocycles. The summed E-state index contributed by atoms with van der Waals surface area (Å²) in [4.78, 5) is 20.5. The lowest BCUT2D eigenvalue weighted by Crippen LogP contribution is -2.44. The van der Waals surface area contributed by atoms with E-state index in [1.54, 1.807) is 0 Å². The fourth-order valence-corrected chi connectivity index (χ4v) is 2.93. The quantitative estimate of drug-likeness (QED) is 0.649. The molecule has 2 fully saturated rings. The number of carbonyl (C=O) groups excluding carboxylic acids is 1. The lowest BCUT2D eigenvalue weighted by Gasteiger charge is -2.27. The molecule has 24 heavy (non-hydrogen) atoms. The summed E-state index contributed by atoms with van der Waals surface area (Å²) >= 11 is 0. The highest BCUT2D eigenvalue weighted by Gasteiger charge is 2.17. The normalized spacial score (nSPS) is 18.8. The molecule has 2 aliphatic heterocycles. The Kier molecular flexibility index (Phi) is 5.53. The Morgan fingerprint density at radius 3 is 2.67 bits per heavy atom. The van der Waals surface area contributed by atoms with E-state index in [9.17, 15) is 4.79 Å². The summed E-state index contributed by atoms with van der Waals surface area (Å²) in [7, 11) is 0. The van der Waals surface area contributed by atoms with E-state index in [-0.39, 0.29) is 6.03 Å². The summed E-state index contributed by atoms with van der Waals surface area (Å²) in [5.74, 6) is 0.546. The van der Waals surface area contributed by atoms with E-state index in [2.05, 4.69) is 10.3 Å². The average molecular weight is 331 g/mol. The van der Waals surface area contributed by atoms with E-state index in [1.807, 2.05) is 34.1 Å². The first-order valence-corrected chi connectivity index (χ1v) is 8.50. The Bertz CT molecular complexity index is 592. The van der Waals surface area contributed by atoms with Crippen LogP contribution < -0.4 is 11.1 Å². The fourth-order valence-electron chi connectivity index (χ4n) is 2.93. The molecule has 2 amide bonds. The smallest absolute Gasteiger partial charge is 0.321 e. The molecule has 0 atom stereocenters. The zero-order chi connectivity index (χ0) is 16.8. The van der Waals surface area contributed by atoms with Crippen LogP contribution in [0.4, 0.5) is 10.5 Å². The average Bonchev–Trinajstić information content (AvgIpc) is 3.15. The number of benzene rings is 1. The Labute approximate surface area is 142 Å². The number of amides is 2. The van der Waals surface area contributed by atoms with Gasteiger partial charge in [0.05, 0.1) is 19.8 Å². The van der Waals surface area contributed by atoms with E-state index in [0.29, 0.717) is 25.7 Å². The lowest BCUT2D eigenvalue weighted by atomic mass is 10.2. The molecule has 7 heteroatoms. The molecular weight excluding hydrogens is 306 g/mol. The number of hydrogen-bond donors (Lipinski definition) is 2. The van der Waals surface area contributed by atoms with Crippen molar-refractivity contribution in [1.29, 1.82) is 0 Å². The molecule has 3 rings (SSSR count). The number of ether oxygens (including phenoxy) is 1. The van der Waals surface area contributed by atoms with Gasteiger partial charge in [0.25, 0.3) is 0 Å². The van der Waals surface area contributed by atoms with E-state index < -0.39 is 0 Å². The predicted octanol–water partition coefficient (Wildman–Crippen LogP) is 1.46. The van der Waals surface area contributed by atoms with Gasteiger partial charge in [-0.3, -0.25) is 0 Å². The van der Waals surface area contributed by atoms with Gasteiger partial charge in [0, 0.05) is 31.9 Å². The maximum atomic E-state index is 12.1. The molecule has 3 N–H and O–H groups in total. The number of nitrogens with one attached hydrogen (secondary N) is 1. The van der Waals surface area contributed by atoms with Gasteiger partial charge in [-0.2, -0.15) is 0 Å². The van der Waals surface area contributed by atoms with E-state index in [0.717, 1.165) is 50.3 Å². The van der Waals surface area contributed by atoms with Gasteiger partial charge in [-0.15, -0.1) is 0 Å². The van der Waals surface area contributed by atoms with Gasteiger partial charge in [-0.25, -0.2) is 9.79 Å². The van der Waals surface area contributed by atoms with Gasteiger partial charge in [0.15, 0.2) is 5.96 Å². The number of anilines is 1. The highest BCUT2D eigenvalue weighted by Crippen LogP contribution is 2.14. The van der Waals surface area contributed by atoms with Crippen molar-refractivity contribution < 1.29 is 9.53 Å². The van der Waals surface area contributed by atoms with Crippen molar-refractivity contribution in [3.63, 3.8) is 0 Å². The molecular formula is C17H25N5O2. The summed E-state index contributed by atoms with van der Waals surface area (Å²) < 4.78 is 5.31. The third kappa shape index (κ3) is 4.38. The number of nitrogens with two attached hydrogens (primary N) is 1. The number of aliphatic imine (C=N–C) groups is 1. The first-order chi connectivity index (χ1) is 11.7. The van der Waals surface area contributed by atoms with Crippen molar-refractivity contribution >= 4 is 17.7 Å². The van der Waals surface area contributed by atoms with Crippen molar-refractivity contribution in [3.05, 3.63) is 29.8 Å². The second-order valence-corrected chi connectivity index (χ2v) is 6.10. The van der Waals surface area contributed by atoms with Gasteiger partial charge in [0.2, 0.25) is 0 Å². The van der Waals surface area contributed by atoms with Crippen LogP contribution in [-0.2, 0) is 11.3 Å². The number of carbonyl (C=O) groups is 1. The molecule has 0 aromatic heterocycles. The van der Waals surface area contributed by atoms with E-state index >= 15 is 0 Å². The minimum Gasteiger partial charge on any atom is -0.378 e. The Hall–Kier alpha value is -2.28. The van der Waals surface area contributed by atoms with Gasteiger partial charge in [-0.1, -0.05) is 12.1 Å². The molecule has 0 saturated carbocycles. The van der Waals surface area contributed by atoms with Crippen LogP contribution in [0.3, 0.4) is 0 Å². The van der Waals surface area contributed by atoms with Crippen LogP contribution in [0.2, 0.25) is 0 Å². The number of urea groups is 1. The monoisotopic (exact) mass is 331 g/mol. The van der Waals surface area contributed by atoms with Gasteiger partial charge < -0.3 is 25.6 Å². The Morgan fingerprint density at radius 1 is 1.17 bits per heavy atom. The zero-order valence-electron chi connectivity index (χ0n) is 13.9. The van der Waals surface area contributed by atoms with Crippen LogP contribution >= 0.6 is 0 Å². The fraction of sp³-hybridized carbons (Fsp3) is 0.529. The molecule has 2 saturated heterocycles. The molecule has 1 aromatic carbocycles. The van der Waals surface area contributed by atoms with Gasteiger partial charge in [0.1, 0.15) is 0 Å². The topological polar surface area (TPSA) is 83.2 Å². The second-order valence-electron chi connectivity index (χ2n) is 6.10. The van der Waals surface area contributed by atoms with Crippen molar-refractivity contribution in [2.45, 2.75) is 19.4 Å². The molecule has 1 aromatic rings. The first kappa shape index (κ1) is 16.6. The van der Waals surface area contributed by atoms with Gasteiger partial charge >= 0.3 is 6.03 Å².